The summed E-state index contributed by atoms with van der Waals surface area (Å²) < 4.78 is 18.0. The van der Waals surface area contributed by atoms with Crippen LogP contribution in [0.15, 0.2) is 0 Å². The number of likely N-dealkylation sites (N-methyl/N-ethyl adjacent to an activating group) is 3. The van der Waals surface area contributed by atoms with Gasteiger partial charge in [-0.2, -0.15) is 0 Å². The Bertz CT molecular complexity index is 238. The number of hydrogen-bond acceptors (Lipinski definition) is 6. The first-order valence-corrected chi connectivity index (χ1v) is 8.94. The van der Waals surface area contributed by atoms with Gasteiger partial charge in [-0.15, -0.1) is 0 Å². The van der Waals surface area contributed by atoms with E-state index in [2.05, 4.69) is 35.5 Å². The van der Waals surface area contributed by atoms with E-state index in [1.165, 1.54) is 0 Å². The Morgan fingerprint density at radius 3 is 1.00 bits per heavy atom. The molecule has 0 bridgehead atoms. The van der Waals surface area contributed by atoms with Crippen molar-refractivity contribution in [3.63, 3.8) is 0 Å². The molecule has 0 rings (SSSR count). The maximum absolute atomic E-state index is 6.01. The van der Waals surface area contributed by atoms with Crippen molar-refractivity contribution in [1.29, 1.82) is 0 Å². The zero-order chi connectivity index (χ0) is 17.3. The highest BCUT2D eigenvalue weighted by Gasteiger charge is 2.23. The summed E-state index contributed by atoms with van der Waals surface area (Å²) in [5.41, 5.74) is 0. The molecule has 0 aromatic rings. The molecule has 22 heavy (non-hydrogen) atoms. The summed E-state index contributed by atoms with van der Waals surface area (Å²) in [6.07, 6.45) is 0.206. The Morgan fingerprint density at radius 2 is 0.818 bits per heavy atom. The van der Waals surface area contributed by atoms with E-state index in [4.69, 9.17) is 13.6 Å². The van der Waals surface area contributed by atoms with Gasteiger partial charge in [0.25, 0.3) is 0 Å². The lowest BCUT2D eigenvalue weighted by Crippen LogP contribution is -2.29. The van der Waals surface area contributed by atoms with Gasteiger partial charge < -0.3 is 28.3 Å². The van der Waals surface area contributed by atoms with Crippen molar-refractivity contribution in [3.8, 4) is 0 Å². The summed E-state index contributed by atoms with van der Waals surface area (Å²) in [6.45, 7) is 8.68. The van der Waals surface area contributed by atoms with E-state index >= 15 is 0 Å². The van der Waals surface area contributed by atoms with Crippen LogP contribution < -0.4 is 0 Å². The van der Waals surface area contributed by atoms with Crippen LogP contribution in [0.1, 0.15) is 20.8 Å². The summed E-state index contributed by atoms with van der Waals surface area (Å²) in [6, 6.07) is 0. The summed E-state index contributed by atoms with van der Waals surface area (Å²) in [5.74, 6) is 0. The van der Waals surface area contributed by atoms with Gasteiger partial charge in [0.2, 0.25) is 0 Å². The van der Waals surface area contributed by atoms with Crippen molar-refractivity contribution < 1.29 is 13.6 Å². The first kappa shape index (κ1) is 22.2. The molecule has 0 aliphatic heterocycles. The van der Waals surface area contributed by atoms with Crippen molar-refractivity contribution in [2.24, 2.45) is 0 Å². The van der Waals surface area contributed by atoms with E-state index in [0.717, 1.165) is 19.6 Å². The molecule has 0 aromatic heterocycles. The zero-order valence-corrected chi connectivity index (χ0v) is 16.8. The molecular weight excluding hydrogens is 301 g/mol. The Labute approximate surface area is 138 Å². The van der Waals surface area contributed by atoms with Gasteiger partial charge in [0.15, 0.2) is 0 Å². The van der Waals surface area contributed by atoms with E-state index < -0.39 is 8.60 Å². The lowest BCUT2D eigenvalue weighted by Gasteiger charge is -2.28. The molecule has 0 saturated carbocycles. The maximum Gasteiger partial charge on any atom is 0.333 e. The lowest BCUT2D eigenvalue weighted by molar-refractivity contribution is 0.0581. The molecule has 0 N–H and O–H groups in total. The molecular formula is C15H36N3O3P. The van der Waals surface area contributed by atoms with Crippen LogP contribution in [0.2, 0.25) is 0 Å². The van der Waals surface area contributed by atoms with E-state index in [-0.39, 0.29) is 18.3 Å². The first-order chi connectivity index (χ1) is 10.1. The molecule has 6 nitrogen and oxygen atoms in total. The van der Waals surface area contributed by atoms with Gasteiger partial charge in [-0.1, -0.05) is 0 Å². The van der Waals surface area contributed by atoms with Crippen LogP contribution in [-0.4, -0.2) is 94.9 Å². The first-order valence-electron chi connectivity index (χ1n) is 7.84. The van der Waals surface area contributed by atoms with E-state index in [1.54, 1.807) is 0 Å². The van der Waals surface area contributed by atoms with Crippen LogP contribution in [0, 0.1) is 0 Å². The molecule has 0 amide bonds. The molecule has 0 fully saturated rings. The van der Waals surface area contributed by atoms with E-state index in [1.807, 2.05) is 42.3 Å². The summed E-state index contributed by atoms with van der Waals surface area (Å²) in [4.78, 5) is 6.31. The van der Waals surface area contributed by atoms with E-state index in [9.17, 15) is 0 Å². The number of hydrogen-bond donors (Lipinski definition) is 0. The highest BCUT2D eigenvalue weighted by Crippen LogP contribution is 2.43. The minimum atomic E-state index is -1.35. The second-order valence-electron chi connectivity index (χ2n) is 6.76. The van der Waals surface area contributed by atoms with Gasteiger partial charge in [0.05, 0.1) is 18.3 Å². The average molecular weight is 337 g/mol. The van der Waals surface area contributed by atoms with Crippen molar-refractivity contribution >= 4 is 8.60 Å². The highest BCUT2D eigenvalue weighted by molar-refractivity contribution is 7.41. The molecule has 0 saturated heterocycles. The number of rotatable bonds is 12. The van der Waals surface area contributed by atoms with Gasteiger partial charge in [0, 0.05) is 19.6 Å². The Morgan fingerprint density at radius 1 is 0.591 bits per heavy atom. The largest absolute Gasteiger partial charge is 0.333 e. The average Bonchev–Trinajstić information content (AvgIpc) is 2.23. The molecule has 3 atom stereocenters. The Kier molecular flexibility index (Phi) is 11.8. The maximum atomic E-state index is 6.01. The second kappa shape index (κ2) is 11.7. The predicted molar refractivity (Wildman–Crippen MR) is 94.2 cm³/mol. The predicted octanol–water partition coefficient (Wildman–Crippen LogP) is 2.11. The van der Waals surface area contributed by atoms with Gasteiger partial charge in [-0.3, -0.25) is 0 Å². The fraction of sp³-hybridized carbons (Fsp3) is 1.00. The Hall–Kier alpha value is 0.190. The van der Waals surface area contributed by atoms with Crippen LogP contribution in [0.3, 0.4) is 0 Å². The SMILES string of the molecule is C[C@@H](CN(C)C)OP(O[C@@H](C)CN(C)C)O[C@@H](C)CN(C)C. The highest BCUT2D eigenvalue weighted by atomic mass is 31.2. The minimum absolute atomic E-state index is 0.0687. The van der Waals surface area contributed by atoms with Crippen molar-refractivity contribution in [2.75, 3.05) is 61.9 Å². The third-order valence-electron chi connectivity index (χ3n) is 2.66. The molecule has 7 heteroatoms. The Balaban J connectivity index is 4.53. The molecule has 0 radical (unpaired) electrons. The van der Waals surface area contributed by atoms with Gasteiger partial charge in [-0.05, 0) is 63.1 Å². The smallest absolute Gasteiger partial charge is 0.308 e. The monoisotopic (exact) mass is 337 g/mol. The molecule has 0 spiro atoms. The summed E-state index contributed by atoms with van der Waals surface area (Å²) >= 11 is 0. The van der Waals surface area contributed by atoms with E-state index in [0.29, 0.717) is 0 Å². The third-order valence-corrected chi connectivity index (χ3v) is 4.26. The standard InChI is InChI=1S/C15H36N3O3P/c1-13(10-16(4)5)19-22(20-14(2)11-17(6)7)21-15(3)12-18(8)9/h13-15H,10-12H2,1-9H3/t13-,14-,15-/m0/s1. The van der Waals surface area contributed by atoms with Crippen LogP contribution >= 0.6 is 8.60 Å². The topological polar surface area (TPSA) is 37.4 Å². The van der Waals surface area contributed by atoms with Crippen LogP contribution in [0.4, 0.5) is 0 Å². The molecule has 0 aromatic carbocycles. The van der Waals surface area contributed by atoms with Gasteiger partial charge in [0.1, 0.15) is 0 Å². The lowest BCUT2D eigenvalue weighted by atomic mass is 10.4. The van der Waals surface area contributed by atoms with Crippen LogP contribution in [0.25, 0.3) is 0 Å². The molecule has 134 valence electrons. The zero-order valence-electron chi connectivity index (χ0n) is 15.9. The van der Waals surface area contributed by atoms with Crippen molar-refractivity contribution in [2.45, 2.75) is 39.1 Å². The van der Waals surface area contributed by atoms with Crippen molar-refractivity contribution in [1.82, 2.24) is 14.7 Å². The van der Waals surface area contributed by atoms with Gasteiger partial charge in [-0.25, -0.2) is 0 Å². The molecule has 0 heterocycles. The second-order valence-corrected chi connectivity index (χ2v) is 7.84. The van der Waals surface area contributed by atoms with Crippen molar-refractivity contribution in [3.05, 3.63) is 0 Å². The third kappa shape index (κ3) is 12.7. The number of nitrogens with zero attached hydrogens (tertiary/aromatic N) is 3. The molecule has 0 aliphatic carbocycles. The molecule has 0 aliphatic rings. The van der Waals surface area contributed by atoms with Crippen LogP contribution in [-0.2, 0) is 13.6 Å². The van der Waals surface area contributed by atoms with Gasteiger partial charge >= 0.3 is 8.60 Å². The minimum Gasteiger partial charge on any atom is -0.308 e. The molecule has 0 unspecified atom stereocenters. The normalized spacial score (nSPS) is 16.8. The summed E-state index contributed by atoms with van der Waals surface area (Å²) in [7, 11) is 10.9. The quantitative estimate of drug-likeness (QED) is 0.508. The summed E-state index contributed by atoms with van der Waals surface area (Å²) in [5, 5.41) is 0. The fourth-order valence-corrected chi connectivity index (χ4v) is 3.39. The van der Waals surface area contributed by atoms with Crippen LogP contribution in [0.5, 0.6) is 0 Å². The fourth-order valence-electron chi connectivity index (χ4n) is 2.16.